The van der Waals surface area contributed by atoms with Gasteiger partial charge in [-0.15, -0.1) is 0 Å². The molecular weight excluding hydrogens is 208 g/mol. The third-order valence-corrected chi connectivity index (χ3v) is 2.97. The summed E-state index contributed by atoms with van der Waals surface area (Å²) >= 11 is 0. The van der Waals surface area contributed by atoms with Crippen LogP contribution >= 0.6 is 0 Å². The Morgan fingerprint density at radius 2 is 2.12 bits per heavy atom. The summed E-state index contributed by atoms with van der Waals surface area (Å²) in [6.45, 7) is 1.65. The predicted molar refractivity (Wildman–Crippen MR) is 58.9 cm³/mol. The number of carboxylic acids is 1. The van der Waals surface area contributed by atoms with E-state index in [0.717, 1.165) is 37.2 Å². The minimum atomic E-state index is -1.15. The fraction of sp³-hybridized carbons (Fsp3) is 0.455. The minimum Gasteiger partial charge on any atom is -0.477 e. The van der Waals surface area contributed by atoms with Gasteiger partial charge in [-0.1, -0.05) is 0 Å². The Kier molecular flexibility index (Phi) is 2.78. The third-order valence-electron chi connectivity index (χ3n) is 2.97. The Bertz CT molecular complexity index is 491. The van der Waals surface area contributed by atoms with Crippen LogP contribution in [0.25, 0.3) is 0 Å². The largest absolute Gasteiger partial charge is 0.477 e. The molecule has 0 spiro atoms. The SMILES string of the molecule is Cn1c2c(cc(C(=O)O)c1=O)CCNCC2. The summed E-state index contributed by atoms with van der Waals surface area (Å²) in [5.41, 5.74) is 1.35. The van der Waals surface area contributed by atoms with Gasteiger partial charge in [0.25, 0.3) is 5.56 Å². The standard InChI is InChI=1S/C11H14N2O3/c1-13-9-3-5-12-4-2-7(9)6-8(10(13)14)11(15)16/h6,12H,2-5H2,1H3,(H,15,16). The van der Waals surface area contributed by atoms with Crippen LogP contribution in [0.3, 0.4) is 0 Å². The second-order valence-corrected chi connectivity index (χ2v) is 3.95. The van der Waals surface area contributed by atoms with Gasteiger partial charge < -0.3 is 15.0 Å². The monoisotopic (exact) mass is 222 g/mol. The second-order valence-electron chi connectivity index (χ2n) is 3.95. The Balaban J connectivity index is 2.64. The maximum Gasteiger partial charge on any atom is 0.341 e. The van der Waals surface area contributed by atoms with E-state index in [1.54, 1.807) is 7.05 Å². The molecule has 86 valence electrons. The first kappa shape index (κ1) is 10.9. The number of pyridine rings is 1. The number of aromatic nitrogens is 1. The number of aromatic carboxylic acids is 1. The average Bonchev–Trinajstić information content (AvgIpc) is 2.48. The van der Waals surface area contributed by atoms with E-state index in [0.29, 0.717) is 0 Å². The normalized spacial score (nSPS) is 15.3. The number of rotatable bonds is 1. The van der Waals surface area contributed by atoms with Crippen molar-refractivity contribution in [1.29, 1.82) is 0 Å². The molecule has 0 unspecified atom stereocenters. The van der Waals surface area contributed by atoms with Crippen LogP contribution in [0.5, 0.6) is 0 Å². The van der Waals surface area contributed by atoms with E-state index in [1.165, 1.54) is 10.6 Å². The van der Waals surface area contributed by atoms with Crippen LogP contribution in [0, 0.1) is 0 Å². The van der Waals surface area contributed by atoms with Crippen molar-refractivity contribution in [3.05, 3.63) is 33.2 Å². The van der Waals surface area contributed by atoms with Gasteiger partial charge in [0.1, 0.15) is 5.56 Å². The summed E-state index contributed by atoms with van der Waals surface area (Å²) < 4.78 is 1.46. The van der Waals surface area contributed by atoms with Gasteiger partial charge in [0.2, 0.25) is 0 Å². The van der Waals surface area contributed by atoms with Crippen LogP contribution in [-0.4, -0.2) is 28.7 Å². The van der Waals surface area contributed by atoms with Gasteiger partial charge in [-0.2, -0.15) is 0 Å². The molecule has 0 amide bonds. The van der Waals surface area contributed by atoms with E-state index in [-0.39, 0.29) is 5.56 Å². The quantitative estimate of drug-likeness (QED) is 0.688. The summed E-state index contributed by atoms with van der Waals surface area (Å²) in [6, 6.07) is 1.52. The first-order valence-corrected chi connectivity index (χ1v) is 5.27. The molecule has 1 aliphatic rings. The molecule has 2 heterocycles. The van der Waals surface area contributed by atoms with Crippen LogP contribution in [0.4, 0.5) is 0 Å². The lowest BCUT2D eigenvalue weighted by Crippen LogP contribution is -2.28. The molecule has 5 heteroatoms. The highest BCUT2D eigenvalue weighted by Crippen LogP contribution is 2.12. The zero-order valence-electron chi connectivity index (χ0n) is 9.12. The molecule has 2 rings (SSSR count). The van der Waals surface area contributed by atoms with Crippen molar-refractivity contribution in [2.45, 2.75) is 12.8 Å². The topological polar surface area (TPSA) is 71.3 Å². The number of fused-ring (bicyclic) bond motifs is 1. The molecule has 1 aromatic rings. The van der Waals surface area contributed by atoms with E-state index in [4.69, 9.17) is 5.11 Å². The highest BCUT2D eigenvalue weighted by atomic mass is 16.4. The molecular formula is C11H14N2O3. The Labute approximate surface area is 92.7 Å². The molecule has 1 aliphatic heterocycles. The molecule has 16 heavy (non-hydrogen) atoms. The number of hydrogen-bond donors (Lipinski definition) is 2. The molecule has 0 aliphatic carbocycles. The first-order chi connectivity index (χ1) is 7.61. The van der Waals surface area contributed by atoms with E-state index >= 15 is 0 Å². The summed E-state index contributed by atoms with van der Waals surface area (Å²) in [5.74, 6) is -1.15. The first-order valence-electron chi connectivity index (χ1n) is 5.27. The fourth-order valence-corrected chi connectivity index (χ4v) is 2.09. The van der Waals surface area contributed by atoms with Crippen molar-refractivity contribution in [1.82, 2.24) is 9.88 Å². The van der Waals surface area contributed by atoms with Gasteiger partial charge >= 0.3 is 5.97 Å². The zero-order valence-corrected chi connectivity index (χ0v) is 9.12. The van der Waals surface area contributed by atoms with Gasteiger partial charge in [-0.05, 0) is 24.6 Å². The zero-order chi connectivity index (χ0) is 11.7. The lowest BCUT2D eigenvalue weighted by Gasteiger charge is -2.11. The lowest BCUT2D eigenvalue weighted by atomic mass is 10.1. The Hall–Kier alpha value is -1.62. The van der Waals surface area contributed by atoms with Gasteiger partial charge in [-0.3, -0.25) is 4.79 Å². The molecule has 0 aromatic carbocycles. The number of carbonyl (C=O) groups is 1. The summed E-state index contributed by atoms with van der Waals surface area (Å²) in [7, 11) is 1.64. The van der Waals surface area contributed by atoms with Crippen LogP contribution in [0.1, 0.15) is 21.6 Å². The molecule has 5 nitrogen and oxygen atoms in total. The van der Waals surface area contributed by atoms with E-state index in [2.05, 4.69) is 5.32 Å². The maximum absolute atomic E-state index is 11.8. The van der Waals surface area contributed by atoms with Crippen molar-refractivity contribution in [2.75, 3.05) is 13.1 Å². The Morgan fingerprint density at radius 1 is 1.44 bits per heavy atom. The smallest absolute Gasteiger partial charge is 0.341 e. The van der Waals surface area contributed by atoms with Gasteiger partial charge in [0, 0.05) is 25.7 Å². The van der Waals surface area contributed by atoms with Gasteiger partial charge in [-0.25, -0.2) is 4.79 Å². The van der Waals surface area contributed by atoms with Crippen LogP contribution in [-0.2, 0) is 19.9 Å². The molecule has 0 atom stereocenters. The molecule has 0 saturated carbocycles. The van der Waals surface area contributed by atoms with E-state index < -0.39 is 11.5 Å². The summed E-state index contributed by atoms with van der Waals surface area (Å²) in [4.78, 5) is 22.7. The maximum atomic E-state index is 11.8. The van der Waals surface area contributed by atoms with Crippen molar-refractivity contribution >= 4 is 5.97 Å². The van der Waals surface area contributed by atoms with Crippen molar-refractivity contribution in [2.24, 2.45) is 7.05 Å². The predicted octanol–water partition coefficient (Wildman–Crippen LogP) is -0.228. The Morgan fingerprint density at radius 3 is 2.81 bits per heavy atom. The third kappa shape index (κ3) is 1.74. The average molecular weight is 222 g/mol. The highest BCUT2D eigenvalue weighted by Gasteiger charge is 2.17. The van der Waals surface area contributed by atoms with Crippen molar-refractivity contribution < 1.29 is 9.90 Å². The number of nitrogens with zero attached hydrogens (tertiary/aromatic N) is 1. The molecule has 0 fully saturated rings. The summed E-state index contributed by atoms with van der Waals surface area (Å²) in [5, 5.41) is 12.2. The molecule has 1 aromatic heterocycles. The second kappa shape index (κ2) is 4.09. The highest BCUT2D eigenvalue weighted by molar-refractivity contribution is 5.87. The van der Waals surface area contributed by atoms with Gasteiger partial charge in [0.15, 0.2) is 0 Å². The van der Waals surface area contributed by atoms with Crippen LogP contribution in [0.2, 0.25) is 0 Å². The fourth-order valence-electron chi connectivity index (χ4n) is 2.09. The van der Waals surface area contributed by atoms with Crippen LogP contribution < -0.4 is 10.9 Å². The molecule has 0 bridgehead atoms. The molecule has 0 saturated heterocycles. The number of hydrogen-bond acceptors (Lipinski definition) is 3. The lowest BCUT2D eigenvalue weighted by molar-refractivity contribution is 0.0694. The minimum absolute atomic E-state index is 0.136. The van der Waals surface area contributed by atoms with Crippen molar-refractivity contribution in [3.63, 3.8) is 0 Å². The van der Waals surface area contributed by atoms with Crippen molar-refractivity contribution in [3.8, 4) is 0 Å². The number of carboxylic acid groups (broad SMARTS) is 1. The number of nitrogens with one attached hydrogen (secondary N) is 1. The molecule has 0 radical (unpaired) electrons. The molecule has 2 N–H and O–H groups in total. The van der Waals surface area contributed by atoms with Gasteiger partial charge in [0.05, 0.1) is 0 Å². The summed E-state index contributed by atoms with van der Waals surface area (Å²) in [6.07, 6.45) is 1.53. The van der Waals surface area contributed by atoms with E-state index in [9.17, 15) is 9.59 Å². The van der Waals surface area contributed by atoms with E-state index in [1.807, 2.05) is 0 Å². The van der Waals surface area contributed by atoms with Crippen LogP contribution in [0.15, 0.2) is 10.9 Å².